The van der Waals surface area contributed by atoms with E-state index in [0.717, 1.165) is 22.6 Å². The first kappa shape index (κ1) is 19.0. The molecule has 1 N–H and O–H groups in total. The average Bonchev–Trinajstić information content (AvgIpc) is 3.13. The van der Waals surface area contributed by atoms with E-state index in [1.54, 1.807) is 0 Å². The summed E-state index contributed by atoms with van der Waals surface area (Å²) in [6, 6.07) is 15.4. The Morgan fingerprint density at radius 3 is 2.44 bits per heavy atom. The Labute approximate surface area is 163 Å². The molecule has 1 amide bonds. The Morgan fingerprint density at radius 2 is 1.74 bits per heavy atom. The van der Waals surface area contributed by atoms with Crippen LogP contribution >= 0.6 is 11.3 Å². The highest BCUT2D eigenvalue weighted by molar-refractivity contribution is 7.12. The zero-order chi connectivity index (χ0) is 19.2. The zero-order valence-corrected chi connectivity index (χ0v) is 16.6. The van der Waals surface area contributed by atoms with Gasteiger partial charge in [0.2, 0.25) is 0 Å². The smallest absolute Gasteiger partial charge is 0.265 e. The maximum Gasteiger partial charge on any atom is 0.265 e. The second kappa shape index (κ2) is 8.73. The molecule has 0 spiro atoms. The molecular weight excluding hydrogens is 358 g/mol. The molecule has 1 aromatic heterocycles. The topological polar surface area (TPSA) is 47.6 Å². The van der Waals surface area contributed by atoms with Crippen LogP contribution in [0, 0.1) is 13.8 Å². The lowest BCUT2D eigenvalue weighted by Gasteiger charge is -2.10. The molecule has 0 saturated heterocycles. The van der Waals surface area contributed by atoms with E-state index in [-0.39, 0.29) is 5.91 Å². The van der Waals surface area contributed by atoms with E-state index in [2.05, 4.69) is 12.2 Å². The predicted molar refractivity (Wildman–Crippen MR) is 110 cm³/mol. The summed E-state index contributed by atoms with van der Waals surface area (Å²) >= 11 is 1.41. The number of hydrogen-bond donors (Lipinski definition) is 1. The Hall–Kier alpha value is -2.79. The van der Waals surface area contributed by atoms with E-state index in [0.29, 0.717) is 23.8 Å². The molecule has 0 fully saturated rings. The molecule has 140 valence electrons. The van der Waals surface area contributed by atoms with Crippen LogP contribution in [0.2, 0.25) is 0 Å². The van der Waals surface area contributed by atoms with Gasteiger partial charge in [-0.3, -0.25) is 4.79 Å². The molecule has 0 aliphatic heterocycles. The van der Waals surface area contributed by atoms with Gasteiger partial charge in [0.15, 0.2) is 11.5 Å². The quantitative estimate of drug-likeness (QED) is 0.580. The fraction of sp³-hybridized carbons (Fsp3) is 0.227. The van der Waals surface area contributed by atoms with E-state index in [9.17, 15) is 4.79 Å². The molecular formula is C22H23NO3S. The van der Waals surface area contributed by atoms with Gasteiger partial charge in [-0.15, -0.1) is 11.3 Å². The van der Waals surface area contributed by atoms with Crippen LogP contribution in [0.1, 0.15) is 33.3 Å². The molecule has 3 aromatic rings. The van der Waals surface area contributed by atoms with Crippen molar-refractivity contribution in [2.45, 2.75) is 27.4 Å². The minimum absolute atomic E-state index is 0.107. The molecule has 5 heteroatoms. The van der Waals surface area contributed by atoms with Crippen molar-refractivity contribution in [3.8, 4) is 11.5 Å². The van der Waals surface area contributed by atoms with Crippen LogP contribution in [0.15, 0.2) is 53.9 Å². The van der Waals surface area contributed by atoms with Crippen molar-refractivity contribution < 1.29 is 14.3 Å². The standard InChI is InChI=1S/C22H23NO3S/c1-4-25-19-7-5-6-8-20(19)26-13-17-12-21(27-14-17)22(24)23-18-10-9-15(2)16(3)11-18/h5-12,14H,4,13H2,1-3H3,(H,23,24). The molecule has 0 unspecified atom stereocenters. The van der Waals surface area contributed by atoms with Gasteiger partial charge in [0, 0.05) is 11.3 Å². The highest BCUT2D eigenvalue weighted by Crippen LogP contribution is 2.28. The van der Waals surface area contributed by atoms with Gasteiger partial charge >= 0.3 is 0 Å². The van der Waals surface area contributed by atoms with E-state index >= 15 is 0 Å². The number of amides is 1. The number of ether oxygens (including phenoxy) is 2. The number of rotatable bonds is 7. The van der Waals surface area contributed by atoms with Crippen LogP contribution in [0.5, 0.6) is 11.5 Å². The summed E-state index contributed by atoms with van der Waals surface area (Å²) in [5.74, 6) is 1.32. The number of nitrogens with one attached hydrogen (secondary N) is 1. The monoisotopic (exact) mass is 381 g/mol. The lowest BCUT2D eigenvalue weighted by molar-refractivity contribution is 0.103. The second-order valence-electron chi connectivity index (χ2n) is 6.24. The highest BCUT2D eigenvalue weighted by Gasteiger charge is 2.11. The van der Waals surface area contributed by atoms with E-state index < -0.39 is 0 Å². The molecule has 4 nitrogen and oxygen atoms in total. The molecule has 27 heavy (non-hydrogen) atoms. The number of carbonyl (C=O) groups excluding carboxylic acids is 1. The van der Waals surface area contributed by atoms with Gasteiger partial charge < -0.3 is 14.8 Å². The van der Waals surface area contributed by atoms with Gasteiger partial charge in [-0.05, 0) is 67.6 Å². The summed E-state index contributed by atoms with van der Waals surface area (Å²) in [5, 5.41) is 4.89. The third-order valence-corrected chi connectivity index (χ3v) is 5.16. The van der Waals surface area contributed by atoms with Gasteiger partial charge in [-0.25, -0.2) is 0 Å². The molecule has 0 radical (unpaired) electrons. The van der Waals surface area contributed by atoms with E-state index in [4.69, 9.17) is 9.47 Å². The lowest BCUT2D eigenvalue weighted by Crippen LogP contribution is -2.10. The fourth-order valence-corrected chi connectivity index (χ4v) is 3.38. The third-order valence-electron chi connectivity index (χ3n) is 4.19. The maximum absolute atomic E-state index is 12.5. The molecule has 1 heterocycles. The first-order chi connectivity index (χ1) is 13.1. The van der Waals surface area contributed by atoms with Gasteiger partial charge in [0.05, 0.1) is 11.5 Å². The van der Waals surface area contributed by atoms with Crippen molar-refractivity contribution in [2.75, 3.05) is 11.9 Å². The van der Waals surface area contributed by atoms with Crippen molar-refractivity contribution >= 4 is 22.9 Å². The van der Waals surface area contributed by atoms with Crippen molar-refractivity contribution in [1.82, 2.24) is 0 Å². The van der Waals surface area contributed by atoms with Crippen LogP contribution in [-0.2, 0) is 6.61 Å². The van der Waals surface area contributed by atoms with Crippen LogP contribution in [-0.4, -0.2) is 12.5 Å². The van der Waals surface area contributed by atoms with Crippen molar-refractivity contribution in [3.05, 3.63) is 75.5 Å². The van der Waals surface area contributed by atoms with Gasteiger partial charge in [-0.2, -0.15) is 0 Å². The van der Waals surface area contributed by atoms with Crippen molar-refractivity contribution in [3.63, 3.8) is 0 Å². The van der Waals surface area contributed by atoms with Gasteiger partial charge in [-0.1, -0.05) is 18.2 Å². The van der Waals surface area contributed by atoms with Crippen molar-refractivity contribution in [2.24, 2.45) is 0 Å². The molecule has 3 rings (SSSR count). The van der Waals surface area contributed by atoms with Gasteiger partial charge in [0.25, 0.3) is 5.91 Å². The molecule has 0 aliphatic rings. The fourth-order valence-electron chi connectivity index (χ4n) is 2.59. The highest BCUT2D eigenvalue weighted by atomic mass is 32.1. The number of hydrogen-bond acceptors (Lipinski definition) is 4. The van der Waals surface area contributed by atoms with Crippen LogP contribution < -0.4 is 14.8 Å². The summed E-state index contributed by atoms with van der Waals surface area (Å²) < 4.78 is 11.4. The predicted octanol–water partition coefficient (Wildman–Crippen LogP) is 5.59. The van der Waals surface area contributed by atoms with E-state index in [1.807, 2.05) is 67.8 Å². The van der Waals surface area contributed by atoms with E-state index in [1.165, 1.54) is 16.9 Å². The number of thiophene rings is 1. The number of aryl methyl sites for hydroxylation is 2. The molecule has 0 bridgehead atoms. The number of anilines is 1. The second-order valence-corrected chi connectivity index (χ2v) is 7.15. The first-order valence-electron chi connectivity index (χ1n) is 8.87. The molecule has 2 aromatic carbocycles. The summed E-state index contributed by atoms with van der Waals surface area (Å²) in [4.78, 5) is 13.1. The number of benzene rings is 2. The summed E-state index contributed by atoms with van der Waals surface area (Å²) in [7, 11) is 0. The zero-order valence-electron chi connectivity index (χ0n) is 15.7. The van der Waals surface area contributed by atoms with Crippen molar-refractivity contribution in [1.29, 1.82) is 0 Å². The number of para-hydroxylation sites is 2. The number of carbonyl (C=O) groups is 1. The first-order valence-corrected chi connectivity index (χ1v) is 9.75. The Bertz CT molecular complexity index is 933. The summed E-state index contributed by atoms with van der Waals surface area (Å²) in [5.41, 5.74) is 4.12. The Kier molecular flexibility index (Phi) is 6.14. The molecule has 0 saturated carbocycles. The Balaban J connectivity index is 1.62. The summed E-state index contributed by atoms with van der Waals surface area (Å²) in [6.45, 7) is 7.00. The van der Waals surface area contributed by atoms with Crippen LogP contribution in [0.25, 0.3) is 0 Å². The normalized spacial score (nSPS) is 10.5. The third kappa shape index (κ3) is 4.89. The minimum atomic E-state index is -0.107. The van der Waals surface area contributed by atoms with Gasteiger partial charge in [0.1, 0.15) is 6.61 Å². The SMILES string of the molecule is CCOc1ccccc1OCc1csc(C(=O)Nc2ccc(C)c(C)c2)c1. The van der Waals surface area contributed by atoms with Crippen LogP contribution in [0.3, 0.4) is 0 Å². The van der Waals surface area contributed by atoms with Crippen LogP contribution in [0.4, 0.5) is 5.69 Å². The minimum Gasteiger partial charge on any atom is -0.490 e. The largest absolute Gasteiger partial charge is 0.490 e. The summed E-state index contributed by atoms with van der Waals surface area (Å²) in [6.07, 6.45) is 0. The molecule has 0 aliphatic carbocycles. The average molecular weight is 381 g/mol. The maximum atomic E-state index is 12.5. The lowest BCUT2D eigenvalue weighted by atomic mass is 10.1. The Morgan fingerprint density at radius 1 is 1.00 bits per heavy atom. The molecule has 0 atom stereocenters.